The van der Waals surface area contributed by atoms with E-state index in [1.807, 2.05) is 6.92 Å². The summed E-state index contributed by atoms with van der Waals surface area (Å²) >= 11 is 0. The van der Waals surface area contributed by atoms with Crippen molar-refractivity contribution in [2.24, 2.45) is 0 Å². The molecule has 0 aliphatic rings. The van der Waals surface area contributed by atoms with E-state index in [-0.39, 0.29) is 0 Å². The van der Waals surface area contributed by atoms with E-state index in [2.05, 4.69) is 4.74 Å². The van der Waals surface area contributed by atoms with E-state index in [9.17, 15) is 4.39 Å². The molecule has 0 aromatic rings. The second-order valence-corrected chi connectivity index (χ2v) is 0.926. The minimum atomic E-state index is 0.427. The normalized spacial score (nSPS) is 9.00. The monoisotopic (exact) mass is 90.0 g/mol. The van der Waals surface area contributed by atoms with E-state index in [1.54, 1.807) is 0 Å². The average Bonchev–Trinajstić information content (AvgIpc) is 1.61. The van der Waals surface area contributed by atoms with Crippen molar-refractivity contribution < 1.29 is 9.13 Å². The predicted octanol–water partition coefficient (Wildman–Crippen LogP) is 1.38. The third kappa shape index (κ3) is 3.89. The van der Waals surface area contributed by atoms with Crippen molar-refractivity contribution in [3.63, 3.8) is 0 Å². The molecule has 0 fully saturated rings. The molecule has 1 nitrogen and oxygen atoms in total. The SMILES string of the molecule is CCCO[C]F. The molecule has 0 amide bonds. The highest BCUT2D eigenvalue weighted by molar-refractivity contribution is 4.23. The minimum absolute atomic E-state index is 0.427. The van der Waals surface area contributed by atoms with Gasteiger partial charge in [-0.3, -0.25) is 0 Å². The summed E-state index contributed by atoms with van der Waals surface area (Å²) in [6.45, 7) is 3.40. The van der Waals surface area contributed by atoms with Crippen LogP contribution in [0.25, 0.3) is 0 Å². The van der Waals surface area contributed by atoms with Crippen LogP contribution in [-0.4, -0.2) is 6.61 Å². The summed E-state index contributed by atoms with van der Waals surface area (Å²) < 4.78 is 14.8. The van der Waals surface area contributed by atoms with Gasteiger partial charge in [-0.25, -0.2) is 0 Å². The number of ether oxygens (including phenoxy) is 1. The van der Waals surface area contributed by atoms with Gasteiger partial charge in [0.1, 0.15) is 0 Å². The number of halogens is 1. The van der Waals surface area contributed by atoms with Crippen LogP contribution >= 0.6 is 0 Å². The lowest BCUT2D eigenvalue weighted by molar-refractivity contribution is 0.132. The highest BCUT2D eigenvalue weighted by Crippen LogP contribution is 1.82. The first-order valence-corrected chi connectivity index (χ1v) is 1.89. The summed E-state index contributed by atoms with van der Waals surface area (Å²) in [5.74, 6) is 0. The maximum Gasteiger partial charge on any atom is 0.340 e. The third-order valence-electron chi connectivity index (χ3n) is 0.361. The first-order valence-electron chi connectivity index (χ1n) is 1.89. The predicted molar refractivity (Wildman–Crippen MR) is 20.6 cm³/mol. The Kier molecular flexibility index (Phi) is 4.80. The Morgan fingerprint density at radius 3 is 2.67 bits per heavy atom. The molecule has 0 aromatic carbocycles. The molecular weight excluding hydrogens is 83.0 g/mol. The van der Waals surface area contributed by atoms with Crippen LogP contribution < -0.4 is 0 Å². The number of hydrogen-bond donors (Lipinski definition) is 0. The van der Waals surface area contributed by atoms with E-state index < -0.39 is 0 Å². The molecule has 0 rings (SSSR count). The molecule has 0 bridgehead atoms. The van der Waals surface area contributed by atoms with E-state index in [0.29, 0.717) is 6.61 Å². The molecule has 2 radical (unpaired) electrons. The lowest BCUT2D eigenvalue weighted by Gasteiger charge is -1.86. The molecule has 6 heavy (non-hydrogen) atoms. The molecule has 0 aliphatic carbocycles. The second-order valence-electron chi connectivity index (χ2n) is 0.926. The quantitative estimate of drug-likeness (QED) is 0.475. The topological polar surface area (TPSA) is 9.23 Å². The highest BCUT2D eigenvalue weighted by Gasteiger charge is 1.79. The zero-order valence-corrected chi connectivity index (χ0v) is 3.70. The van der Waals surface area contributed by atoms with Crippen molar-refractivity contribution >= 4 is 0 Å². The molecule has 36 valence electrons. The van der Waals surface area contributed by atoms with Crippen LogP contribution in [0.1, 0.15) is 13.3 Å². The number of rotatable bonds is 3. The van der Waals surface area contributed by atoms with Crippen molar-refractivity contribution in [3.05, 3.63) is 6.86 Å². The first kappa shape index (κ1) is 5.89. The van der Waals surface area contributed by atoms with Gasteiger partial charge in [0.15, 0.2) is 0 Å². The molecule has 0 unspecified atom stereocenters. The van der Waals surface area contributed by atoms with Gasteiger partial charge in [0, 0.05) is 0 Å². The van der Waals surface area contributed by atoms with Crippen LogP contribution in [0.4, 0.5) is 4.39 Å². The van der Waals surface area contributed by atoms with Crippen molar-refractivity contribution in [1.29, 1.82) is 0 Å². The second kappa shape index (κ2) is 4.89. The summed E-state index contributed by atoms with van der Waals surface area (Å²) in [4.78, 5) is 0. The Hall–Kier alpha value is -0.110. The summed E-state index contributed by atoms with van der Waals surface area (Å²) in [6, 6.07) is 0. The third-order valence-corrected chi connectivity index (χ3v) is 0.361. The van der Waals surface area contributed by atoms with Crippen LogP contribution in [0.5, 0.6) is 0 Å². The van der Waals surface area contributed by atoms with Gasteiger partial charge in [-0.05, 0) is 6.42 Å². The average molecular weight is 90.1 g/mol. The number of hydrogen-bond acceptors (Lipinski definition) is 1. The molecular formula is C4H7FO. The molecule has 0 heterocycles. The maximum atomic E-state index is 10.7. The first-order chi connectivity index (χ1) is 2.91. The zero-order chi connectivity index (χ0) is 4.83. The molecule has 0 atom stereocenters. The van der Waals surface area contributed by atoms with Crippen LogP contribution in [0.15, 0.2) is 0 Å². The van der Waals surface area contributed by atoms with E-state index in [1.165, 1.54) is 0 Å². The van der Waals surface area contributed by atoms with Gasteiger partial charge in [0.2, 0.25) is 0 Å². The fraction of sp³-hybridized carbons (Fsp3) is 0.750. The highest BCUT2D eigenvalue weighted by atomic mass is 19.1. The van der Waals surface area contributed by atoms with Gasteiger partial charge in [0.05, 0.1) is 6.61 Å². The molecule has 0 spiro atoms. The Bertz CT molecular complexity index is 19.5. The van der Waals surface area contributed by atoms with E-state index >= 15 is 0 Å². The van der Waals surface area contributed by atoms with Crippen LogP contribution in [-0.2, 0) is 4.74 Å². The Morgan fingerprint density at radius 1 is 1.83 bits per heavy atom. The Morgan fingerprint density at radius 2 is 2.50 bits per heavy atom. The summed E-state index contributed by atoms with van der Waals surface area (Å²) in [6.07, 6.45) is 0.830. The summed E-state index contributed by atoms with van der Waals surface area (Å²) in [5.41, 5.74) is 0. The lowest BCUT2D eigenvalue weighted by Crippen LogP contribution is -1.82. The minimum Gasteiger partial charge on any atom is -0.337 e. The molecule has 2 heteroatoms. The van der Waals surface area contributed by atoms with Crippen LogP contribution in [0.3, 0.4) is 0 Å². The van der Waals surface area contributed by atoms with Crippen molar-refractivity contribution in [3.8, 4) is 0 Å². The van der Waals surface area contributed by atoms with Crippen molar-refractivity contribution in [2.75, 3.05) is 6.61 Å². The van der Waals surface area contributed by atoms with Crippen LogP contribution in [0.2, 0.25) is 0 Å². The van der Waals surface area contributed by atoms with Crippen molar-refractivity contribution in [1.82, 2.24) is 0 Å². The fourth-order valence-corrected chi connectivity index (χ4v) is 0.141. The zero-order valence-electron chi connectivity index (χ0n) is 3.70. The smallest absolute Gasteiger partial charge is 0.337 e. The molecule has 0 saturated carbocycles. The Balaban J connectivity index is 2.34. The molecule has 0 aromatic heterocycles. The van der Waals surface area contributed by atoms with Gasteiger partial charge in [0.25, 0.3) is 0 Å². The van der Waals surface area contributed by atoms with Gasteiger partial charge >= 0.3 is 6.86 Å². The van der Waals surface area contributed by atoms with Gasteiger partial charge in [-0.1, -0.05) is 6.92 Å². The Labute approximate surface area is 37.1 Å². The van der Waals surface area contributed by atoms with Gasteiger partial charge < -0.3 is 4.74 Å². The van der Waals surface area contributed by atoms with E-state index in [0.717, 1.165) is 13.3 Å². The van der Waals surface area contributed by atoms with Crippen molar-refractivity contribution in [2.45, 2.75) is 13.3 Å². The summed E-state index contributed by atoms with van der Waals surface area (Å²) in [7, 11) is 0. The van der Waals surface area contributed by atoms with Crippen LogP contribution in [0, 0.1) is 6.86 Å². The van der Waals surface area contributed by atoms with E-state index in [4.69, 9.17) is 0 Å². The molecule has 0 aliphatic heterocycles. The van der Waals surface area contributed by atoms with Gasteiger partial charge in [-0.2, -0.15) is 4.39 Å². The fourth-order valence-electron chi connectivity index (χ4n) is 0.141. The standard InChI is InChI=1S/C4H7FO/c1-2-3-6-4-5/h2-3H2,1H3. The largest absolute Gasteiger partial charge is 0.340 e. The maximum absolute atomic E-state index is 10.7. The summed E-state index contributed by atoms with van der Waals surface area (Å²) in [5, 5.41) is 0. The lowest BCUT2D eigenvalue weighted by atomic mass is 10.5. The van der Waals surface area contributed by atoms with Gasteiger partial charge in [-0.15, -0.1) is 0 Å². The molecule has 0 saturated heterocycles. The molecule has 0 N–H and O–H groups in total.